The van der Waals surface area contributed by atoms with Crippen molar-refractivity contribution in [2.45, 2.75) is 52.2 Å². The van der Waals surface area contributed by atoms with E-state index in [1.54, 1.807) is 0 Å². The molecule has 0 bridgehead atoms. The first-order valence-electron chi connectivity index (χ1n) is 7.35. The molecule has 0 aliphatic carbocycles. The summed E-state index contributed by atoms with van der Waals surface area (Å²) in [6, 6.07) is 4.94. The zero-order chi connectivity index (χ0) is 12.8. The zero-order valence-electron chi connectivity index (χ0n) is 11.9. The van der Waals surface area contributed by atoms with Crippen LogP contribution >= 0.6 is 0 Å². The van der Waals surface area contributed by atoms with Crippen molar-refractivity contribution in [3.05, 3.63) is 24.0 Å². The van der Waals surface area contributed by atoms with Crippen LogP contribution in [0.15, 0.2) is 18.3 Å². The fourth-order valence-corrected chi connectivity index (χ4v) is 2.61. The molecule has 0 aromatic carbocycles. The normalized spacial score (nSPS) is 16.8. The number of rotatable bonds is 7. The summed E-state index contributed by atoms with van der Waals surface area (Å²) in [5, 5.41) is 3.49. The van der Waals surface area contributed by atoms with Gasteiger partial charge >= 0.3 is 0 Å². The minimum atomic E-state index is 0.554. The number of nitrogens with zero attached hydrogens (tertiary/aromatic N) is 2. The maximum Gasteiger partial charge on any atom is 0.0361 e. The van der Waals surface area contributed by atoms with E-state index >= 15 is 0 Å². The van der Waals surface area contributed by atoms with Crippen LogP contribution in [0.3, 0.4) is 0 Å². The van der Waals surface area contributed by atoms with Gasteiger partial charge in [-0.1, -0.05) is 13.8 Å². The van der Waals surface area contributed by atoms with Gasteiger partial charge in [0.1, 0.15) is 0 Å². The summed E-state index contributed by atoms with van der Waals surface area (Å²) in [6.45, 7) is 10.4. The van der Waals surface area contributed by atoms with Crippen LogP contribution in [0.1, 0.15) is 38.8 Å². The molecule has 1 aromatic rings. The van der Waals surface area contributed by atoms with E-state index in [0.717, 1.165) is 13.1 Å². The van der Waals surface area contributed by atoms with E-state index < -0.39 is 0 Å². The van der Waals surface area contributed by atoms with Gasteiger partial charge in [0.25, 0.3) is 0 Å². The fourth-order valence-electron chi connectivity index (χ4n) is 2.61. The maximum absolute atomic E-state index is 3.49. The molecule has 1 aliphatic heterocycles. The SMILES string of the molecule is CC(C)NCc1cccn1CCCN1CCCC1. The summed E-state index contributed by atoms with van der Waals surface area (Å²) < 4.78 is 2.39. The number of aromatic nitrogens is 1. The van der Waals surface area contributed by atoms with Gasteiger partial charge in [-0.05, 0) is 51.0 Å². The van der Waals surface area contributed by atoms with E-state index in [4.69, 9.17) is 0 Å². The van der Waals surface area contributed by atoms with E-state index in [9.17, 15) is 0 Å². The number of nitrogens with one attached hydrogen (secondary N) is 1. The summed E-state index contributed by atoms with van der Waals surface area (Å²) in [4.78, 5) is 2.59. The van der Waals surface area contributed by atoms with Crippen LogP contribution in [0.4, 0.5) is 0 Å². The summed E-state index contributed by atoms with van der Waals surface area (Å²) in [5.41, 5.74) is 1.41. The van der Waals surface area contributed by atoms with Gasteiger partial charge in [0.15, 0.2) is 0 Å². The van der Waals surface area contributed by atoms with Gasteiger partial charge in [0.05, 0.1) is 0 Å². The molecule has 1 aliphatic rings. The van der Waals surface area contributed by atoms with E-state index in [-0.39, 0.29) is 0 Å². The van der Waals surface area contributed by atoms with Crippen molar-refractivity contribution < 1.29 is 0 Å². The van der Waals surface area contributed by atoms with Crippen molar-refractivity contribution >= 4 is 0 Å². The highest BCUT2D eigenvalue weighted by molar-refractivity contribution is 5.07. The number of likely N-dealkylation sites (tertiary alicyclic amines) is 1. The van der Waals surface area contributed by atoms with Gasteiger partial charge < -0.3 is 14.8 Å². The molecule has 0 spiro atoms. The molecule has 2 heterocycles. The standard InChI is InChI=1S/C15H27N3/c1-14(2)16-13-15-7-5-11-18(15)12-6-10-17-8-3-4-9-17/h5,7,11,14,16H,3-4,6,8-10,12-13H2,1-2H3. The number of hydrogen-bond donors (Lipinski definition) is 1. The van der Waals surface area contributed by atoms with Crippen molar-refractivity contribution in [1.82, 2.24) is 14.8 Å². The van der Waals surface area contributed by atoms with Crippen LogP contribution in [0.2, 0.25) is 0 Å². The summed E-state index contributed by atoms with van der Waals surface area (Å²) in [5.74, 6) is 0. The van der Waals surface area contributed by atoms with Crippen molar-refractivity contribution in [2.24, 2.45) is 0 Å². The van der Waals surface area contributed by atoms with Crippen molar-refractivity contribution in [1.29, 1.82) is 0 Å². The van der Waals surface area contributed by atoms with E-state index in [1.165, 1.54) is 44.6 Å². The molecule has 2 rings (SSSR count). The highest BCUT2D eigenvalue weighted by Crippen LogP contribution is 2.09. The first kappa shape index (κ1) is 13.6. The molecule has 1 saturated heterocycles. The lowest BCUT2D eigenvalue weighted by Gasteiger charge is -2.16. The summed E-state index contributed by atoms with van der Waals surface area (Å²) in [6.07, 6.45) is 6.27. The van der Waals surface area contributed by atoms with Crippen molar-refractivity contribution in [2.75, 3.05) is 19.6 Å². The second-order valence-electron chi connectivity index (χ2n) is 5.63. The zero-order valence-corrected chi connectivity index (χ0v) is 11.9. The molecule has 0 amide bonds. The monoisotopic (exact) mass is 249 g/mol. The summed E-state index contributed by atoms with van der Waals surface area (Å²) >= 11 is 0. The molecule has 1 N–H and O–H groups in total. The smallest absolute Gasteiger partial charge is 0.0361 e. The molecule has 1 fully saturated rings. The molecule has 18 heavy (non-hydrogen) atoms. The third kappa shape index (κ3) is 4.14. The first-order chi connectivity index (χ1) is 8.75. The van der Waals surface area contributed by atoms with Gasteiger partial charge in [-0.25, -0.2) is 0 Å². The Morgan fingerprint density at radius 1 is 1.22 bits per heavy atom. The van der Waals surface area contributed by atoms with Crippen LogP contribution in [0.25, 0.3) is 0 Å². The lowest BCUT2D eigenvalue weighted by atomic mass is 10.3. The lowest BCUT2D eigenvalue weighted by Crippen LogP contribution is -2.24. The molecule has 0 saturated carbocycles. The molecule has 3 nitrogen and oxygen atoms in total. The van der Waals surface area contributed by atoms with Crippen LogP contribution in [-0.2, 0) is 13.1 Å². The van der Waals surface area contributed by atoms with E-state index in [1.807, 2.05) is 0 Å². The Hall–Kier alpha value is -0.800. The molecule has 0 unspecified atom stereocenters. The van der Waals surface area contributed by atoms with Crippen LogP contribution in [0, 0.1) is 0 Å². The Morgan fingerprint density at radius 2 is 2.00 bits per heavy atom. The second kappa shape index (κ2) is 6.95. The van der Waals surface area contributed by atoms with Gasteiger partial charge in [-0.3, -0.25) is 0 Å². The predicted octanol–water partition coefficient (Wildman–Crippen LogP) is 2.47. The lowest BCUT2D eigenvalue weighted by molar-refractivity contribution is 0.324. The van der Waals surface area contributed by atoms with Crippen LogP contribution in [0.5, 0.6) is 0 Å². The largest absolute Gasteiger partial charge is 0.350 e. The highest BCUT2D eigenvalue weighted by Gasteiger charge is 2.10. The highest BCUT2D eigenvalue weighted by atomic mass is 15.1. The predicted molar refractivity (Wildman–Crippen MR) is 76.7 cm³/mol. The number of hydrogen-bond acceptors (Lipinski definition) is 2. The van der Waals surface area contributed by atoms with Gasteiger partial charge in [-0.15, -0.1) is 0 Å². The average Bonchev–Trinajstić information content (AvgIpc) is 2.97. The Morgan fingerprint density at radius 3 is 2.72 bits per heavy atom. The fraction of sp³-hybridized carbons (Fsp3) is 0.733. The summed E-state index contributed by atoms with van der Waals surface area (Å²) in [7, 11) is 0. The Kier molecular flexibility index (Phi) is 5.26. The topological polar surface area (TPSA) is 20.2 Å². The van der Waals surface area contributed by atoms with Crippen molar-refractivity contribution in [3.63, 3.8) is 0 Å². The Bertz CT molecular complexity index is 337. The molecule has 0 radical (unpaired) electrons. The molecule has 1 aromatic heterocycles. The van der Waals surface area contributed by atoms with Crippen LogP contribution < -0.4 is 5.32 Å². The maximum atomic E-state index is 3.49. The van der Waals surface area contributed by atoms with Crippen LogP contribution in [-0.4, -0.2) is 35.1 Å². The molecular weight excluding hydrogens is 222 g/mol. The third-order valence-electron chi connectivity index (χ3n) is 3.69. The van der Waals surface area contributed by atoms with Gasteiger partial charge in [-0.2, -0.15) is 0 Å². The van der Waals surface area contributed by atoms with Gasteiger partial charge in [0, 0.05) is 31.0 Å². The Balaban J connectivity index is 1.72. The Labute approximate surface area is 111 Å². The average molecular weight is 249 g/mol. The molecule has 102 valence electrons. The molecule has 3 heteroatoms. The first-order valence-corrected chi connectivity index (χ1v) is 7.35. The molecular formula is C15H27N3. The molecule has 0 atom stereocenters. The van der Waals surface area contributed by atoms with E-state index in [0.29, 0.717) is 6.04 Å². The third-order valence-corrected chi connectivity index (χ3v) is 3.69. The van der Waals surface area contributed by atoms with Gasteiger partial charge in [0.2, 0.25) is 0 Å². The quantitative estimate of drug-likeness (QED) is 0.801. The van der Waals surface area contributed by atoms with Crippen molar-refractivity contribution in [3.8, 4) is 0 Å². The minimum Gasteiger partial charge on any atom is -0.350 e. The minimum absolute atomic E-state index is 0.554. The second-order valence-corrected chi connectivity index (χ2v) is 5.63. The number of aryl methyl sites for hydroxylation is 1. The van der Waals surface area contributed by atoms with E-state index in [2.05, 4.69) is 47.0 Å².